The van der Waals surface area contributed by atoms with Gasteiger partial charge in [-0.2, -0.15) is 0 Å². The Hall–Kier alpha value is -0.120. The maximum Gasteiger partial charge on any atom is 0.0509 e. The molecule has 0 amide bonds. The summed E-state index contributed by atoms with van der Waals surface area (Å²) < 4.78 is 5.56. The van der Waals surface area contributed by atoms with Gasteiger partial charge >= 0.3 is 0 Å². The number of rotatable bonds is 3. The first-order chi connectivity index (χ1) is 7.33. The van der Waals surface area contributed by atoms with Crippen molar-refractivity contribution in [1.29, 1.82) is 0 Å². The molecule has 1 saturated carbocycles. The van der Waals surface area contributed by atoms with Crippen LogP contribution >= 0.6 is 0 Å². The number of hydrogen-bond donors (Lipinski definition) is 2. The lowest BCUT2D eigenvalue weighted by atomic mass is 9.80. The molecule has 88 valence electrons. The summed E-state index contributed by atoms with van der Waals surface area (Å²) in [5.41, 5.74) is 3.06. The standard InChI is InChI=1S/C12H24N2O/c1-9-4-2-6-11(9)12(14-13)10-5-3-7-15-8-10/h9-12,14H,2-8,13H2,1H3. The summed E-state index contributed by atoms with van der Waals surface area (Å²) in [6.45, 7) is 4.21. The summed E-state index contributed by atoms with van der Waals surface area (Å²) in [5.74, 6) is 7.97. The van der Waals surface area contributed by atoms with Gasteiger partial charge in [0.25, 0.3) is 0 Å². The van der Waals surface area contributed by atoms with Gasteiger partial charge in [-0.1, -0.05) is 19.8 Å². The van der Waals surface area contributed by atoms with E-state index in [2.05, 4.69) is 12.3 Å². The quantitative estimate of drug-likeness (QED) is 0.553. The number of ether oxygens (including phenoxy) is 1. The molecule has 4 unspecified atom stereocenters. The molecule has 1 saturated heterocycles. The minimum absolute atomic E-state index is 0.475. The molecule has 3 nitrogen and oxygen atoms in total. The number of hydrogen-bond acceptors (Lipinski definition) is 3. The number of nitrogens with two attached hydrogens (primary N) is 1. The molecular weight excluding hydrogens is 188 g/mol. The Morgan fingerprint density at radius 1 is 1.27 bits per heavy atom. The molecule has 1 aliphatic carbocycles. The van der Waals surface area contributed by atoms with E-state index in [0.29, 0.717) is 12.0 Å². The fourth-order valence-electron chi connectivity index (χ4n) is 3.37. The minimum Gasteiger partial charge on any atom is -0.381 e. The molecule has 2 aliphatic rings. The van der Waals surface area contributed by atoms with Gasteiger partial charge in [-0.25, -0.2) is 0 Å². The van der Waals surface area contributed by atoms with Crippen molar-refractivity contribution in [3.05, 3.63) is 0 Å². The second-order valence-corrected chi connectivity index (χ2v) is 5.24. The first-order valence-corrected chi connectivity index (χ1v) is 6.37. The summed E-state index contributed by atoms with van der Waals surface area (Å²) >= 11 is 0. The summed E-state index contributed by atoms with van der Waals surface area (Å²) in [4.78, 5) is 0. The second-order valence-electron chi connectivity index (χ2n) is 5.24. The lowest BCUT2D eigenvalue weighted by molar-refractivity contribution is 0.0252. The third-order valence-corrected chi connectivity index (χ3v) is 4.28. The summed E-state index contributed by atoms with van der Waals surface area (Å²) in [6.07, 6.45) is 6.56. The largest absolute Gasteiger partial charge is 0.381 e. The van der Waals surface area contributed by atoms with Gasteiger partial charge in [-0.05, 0) is 37.0 Å². The summed E-state index contributed by atoms with van der Waals surface area (Å²) in [6, 6.07) is 0.475. The van der Waals surface area contributed by atoms with E-state index in [9.17, 15) is 0 Å². The van der Waals surface area contributed by atoms with Gasteiger partial charge in [0.05, 0.1) is 6.61 Å². The molecule has 1 aliphatic heterocycles. The molecule has 3 N–H and O–H groups in total. The van der Waals surface area contributed by atoms with Crippen LogP contribution in [0.4, 0.5) is 0 Å². The SMILES string of the molecule is CC1CCCC1C(NN)C1CCCOC1. The maximum absolute atomic E-state index is 5.74. The zero-order valence-corrected chi connectivity index (χ0v) is 9.74. The summed E-state index contributed by atoms with van der Waals surface area (Å²) in [5, 5.41) is 0. The van der Waals surface area contributed by atoms with E-state index >= 15 is 0 Å². The summed E-state index contributed by atoms with van der Waals surface area (Å²) in [7, 11) is 0. The fraction of sp³-hybridized carbons (Fsp3) is 1.00. The zero-order valence-electron chi connectivity index (χ0n) is 9.74. The Bertz CT molecular complexity index is 192. The highest BCUT2D eigenvalue weighted by Gasteiger charge is 2.35. The Kier molecular flexibility index (Phi) is 4.00. The van der Waals surface area contributed by atoms with Crippen molar-refractivity contribution in [2.75, 3.05) is 13.2 Å². The van der Waals surface area contributed by atoms with Gasteiger partial charge in [0.2, 0.25) is 0 Å². The predicted molar refractivity (Wildman–Crippen MR) is 61.2 cm³/mol. The van der Waals surface area contributed by atoms with E-state index < -0.39 is 0 Å². The molecule has 0 aromatic heterocycles. The van der Waals surface area contributed by atoms with Gasteiger partial charge in [0, 0.05) is 12.6 Å². The minimum atomic E-state index is 0.475. The highest BCUT2D eigenvalue weighted by Crippen LogP contribution is 2.37. The van der Waals surface area contributed by atoms with Crippen LogP contribution in [0.15, 0.2) is 0 Å². The third kappa shape index (κ3) is 2.52. The molecule has 0 radical (unpaired) electrons. The van der Waals surface area contributed by atoms with Crippen LogP contribution in [-0.2, 0) is 4.74 Å². The average Bonchev–Trinajstić information content (AvgIpc) is 2.68. The Morgan fingerprint density at radius 3 is 2.67 bits per heavy atom. The average molecular weight is 212 g/mol. The molecule has 0 aromatic rings. The van der Waals surface area contributed by atoms with Crippen molar-refractivity contribution in [2.45, 2.75) is 45.1 Å². The van der Waals surface area contributed by atoms with Crippen LogP contribution in [0.1, 0.15) is 39.0 Å². The number of nitrogens with one attached hydrogen (secondary N) is 1. The Labute approximate surface area is 92.7 Å². The molecule has 4 atom stereocenters. The highest BCUT2D eigenvalue weighted by molar-refractivity contribution is 4.88. The first kappa shape index (κ1) is 11.4. The van der Waals surface area contributed by atoms with Crippen LogP contribution in [0.2, 0.25) is 0 Å². The van der Waals surface area contributed by atoms with Crippen molar-refractivity contribution < 1.29 is 4.74 Å². The van der Waals surface area contributed by atoms with E-state index in [1.807, 2.05) is 0 Å². The molecule has 2 rings (SSSR count). The Morgan fingerprint density at radius 2 is 2.13 bits per heavy atom. The maximum atomic E-state index is 5.74. The Balaban J connectivity index is 1.95. The molecule has 2 fully saturated rings. The fourth-order valence-corrected chi connectivity index (χ4v) is 3.37. The molecule has 0 spiro atoms. The van der Waals surface area contributed by atoms with Gasteiger partial charge in [-0.15, -0.1) is 0 Å². The van der Waals surface area contributed by atoms with Crippen LogP contribution < -0.4 is 11.3 Å². The highest BCUT2D eigenvalue weighted by atomic mass is 16.5. The second kappa shape index (κ2) is 5.28. The molecule has 1 heterocycles. The van der Waals surface area contributed by atoms with E-state index in [-0.39, 0.29) is 0 Å². The van der Waals surface area contributed by atoms with E-state index in [1.54, 1.807) is 0 Å². The van der Waals surface area contributed by atoms with Crippen molar-refractivity contribution in [3.8, 4) is 0 Å². The van der Waals surface area contributed by atoms with Crippen LogP contribution in [0.5, 0.6) is 0 Å². The van der Waals surface area contributed by atoms with Crippen LogP contribution in [0, 0.1) is 17.8 Å². The van der Waals surface area contributed by atoms with Gasteiger partial charge in [0.1, 0.15) is 0 Å². The van der Waals surface area contributed by atoms with E-state index in [1.165, 1.54) is 32.1 Å². The smallest absolute Gasteiger partial charge is 0.0509 e. The van der Waals surface area contributed by atoms with Crippen molar-refractivity contribution >= 4 is 0 Å². The van der Waals surface area contributed by atoms with Crippen LogP contribution in [0.25, 0.3) is 0 Å². The monoisotopic (exact) mass is 212 g/mol. The third-order valence-electron chi connectivity index (χ3n) is 4.28. The lowest BCUT2D eigenvalue weighted by Gasteiger charge is -2.35. The van der Waals surface area contributed by atoms with E-state index in [4.69, 9.17) is 10.6 Å². The first-order valence-electron chi connectivity index (χ1n) is 6.37. The van der Waals surface area contributed by atoms with Gasteiger partial charge in [0.15, 0.2) is 0 Å². The molecule has 0 aromatic carbocycles. The lowest BCUT2D eigenvalue weighted by Crippen LogP contribution is -2.49. The van der Waals surface area contributed by atoms with Gasteiger partial charge in [-0.3, -0.25) is 11.3 Å². The van der Waals surface area contributed by atoms with Gasteiger partial charge < -0.3 is 4.74 Å². The molecule has 0 bridgehead atoms. The van der Waals surface area contributed by atoms with Crippen LogP contribution in [0.3, 0.4) is 0 Å². The van der Waals surface area contributed by atoms with Crippen LogP contribution in [-0.4, -0.2) is 19.3 Å². The normalized spacial score (nSPS) is 39.2. The zero-order chi connectivity index (χ0) is 10.7. The predicted octanol–water partition coefficient (Wildman–Crippen LogP) is 1.68. The van der Waals surface area contributed by atoms with Crippen molar-refractivity contribution in [3.63, 3.8) is 0 Å². The van der Waals surface area contributed by atoms with E-state index in [0.717, 1.165) is 25.0 Å². The molecular formula is C12H24N2O. The molecule has 3 heteroatoms. The molecule has 15 heavy (non-hydrogen) atoms. The number of hydrazine groups is 1. The van der Waals surface area contributed by atoms with Crippen molar-refractivity contribution in [1.82, 2.24) is 5.43 Å². The van der Waals surface area contributed by atoms with Crippen molar-refractivity contribution in [2.24, 2.45) is 23.6 Å². The topological polar surface area (TPSA) is 47.3 Å².